The van der Waals surface area contributed by atoms with Crippen LogP contribution in [0.4, 0.5) is 0 Å². The molecule has 0 bridgehead atoms. The van der Waals surface area contributed by atoms with Gasteiger partial charge >= 0.3 is 0 Å². The first kappa shape index (κ1) is 29.0. The Labute approximate surface area is 275 Å². The lowest BCUT2D eigenvalue weighted by molar-refractivity contribution is 0.549. The highest BCUT2D eigenvalue weighted by molar-refractivity contribution is 6.17. The number of fused-ring (bicyclic) bond motifs is 6. The van der Waals surface area contributed by atoms with Gasteiger partial charge in [-0.1, -0.05) is 138 Å². The Kier molecular flexibility index (Phi) is 6.84. The topological polar surface area (TPSA) is 51.6 Å². The third kappa shape index (κ3) is 5.01. The Morgan fingerprint density at radius 1 is 0.489 bits per heavy atom. The number of aromatic nitrogens is 4. The molecule has 2 aromatic heterocycles. The van der Waals surface area contributed by atoms with E-state index in [1.54, 1.807) is 0 Å². The minimum absolute atomic E-state index is 0.172. The summed E-state index contributed by atoms with van der Waals surface area (Å²) >= 11 is 0. The number of hydrogen-bond acceptors (Lipinski definition) is 4. The van der Waals surface area contributed by atoms with Crippen LogP contribution in [0.25, 0.3) is 77.0 Å². The molecule has 2 heterocycles. The molecular formula is C43H36N4. The number of rotatable bonds is 4. The van der Waals surface area contributed by atoms with Gasteiger partial charge in [-0.25, -0.2) is 19.9 Å². The maximum Gasteiger partial charge on any atom is 0.135 e. The van der Waals surface area contributed by atoms with Crippen molar-refractivity contribution in [2.24, 2.45) is 0 Å². The highest BCUT2D eigenvalue weighted by Gasteiger charge is 2.23. The molecule has 8 aromatic rings. The van der Waals surface area contributed by atoms with Gasteiger partial charge in [-0.15, -0.1) is 0 Å². The molecule has 4 heteroatoms. The third-order valence-electron chi connectivity index (χ3n) is 8.98. The van der Waals surface area contributed by atoms with Crippen molar-refractivity contribution in [3.8, 4) is 33.6 Å². The minimum Gasteiger partial charge on any atom is -0.232 e. The summed E-state index contributed by atoms with van der Waals surface area (Å²) in [5.41, 5.74) is 7.97. The first-order valence-electron chi connectivity index (χ1n) is 16.4. The van der Waals surface area contributed by atoms with E-state index >= 15 is 0 Å². The van der Waals surface area contributed by atoms with Crippen LogP contribution in [-0.2, 0) is 5.41 Å². The van der Waals surface area contributed by atoms with Crippen LogP contribution in [0.3, 0.4) is 0 Å². The molecule has 47 heavy (non-hydrogen) atoms. The minimum atomic E-state index is -0.218. The molecule has 0 fully saturated rings. The van der Waals surface area contributed by atoms with Crippen LogP contribution in [0.5, 0.6) is 0 Å². The van der Waals surface area contributed by atoms with Crippen LogP contribution in [0.15, 0.2) is 121 Å². The highest BCUT2D eigenvalue weighted by Crippen LogP contribution is 2.41. The van der Waals surface area contributed by atoms with Crippen molar-refractivity contribution < 1.29 is 0 Å². The fraction of sp³-hybridized carbons (Fsp3) is 0.163. The molecule has 0 saturated carbocycles. The van der Waals surface area contributed by atoms with Crippen LogP contribution in [-0.4, -0.2) is 19.9 Å². The number of nitrogens with zero attached hydrogens (tertiary/aromatic N) is 4. The van der Waals surface area contributed by atoms with Crippen molar-refractivity contribution in [3.05, 3.63) is 133 Å². The van der Waals surface area contributed by atoms with Crippen LogP contribution in [0, 0.1) is 0 Å². The van der Waals surface area contributed by atoms with Crippen LogP contribution in [0.1, 0.15) is 52.2 Å². The second kappa shape index (κ2) is 11.1. The summed E-state index contributed by atoms with van der Waals surface area (Å²) in [5, 5.41) is 6.76. The van der Waals surface area contributed by atoms with E-state index in [0.29, 0.717) is 0 Å². The van der Waals surface area contributed by atoms with Crippen LogP contribution < -0.4 is 0 Å². The van der Waals surface area contributed by atoms with E-state index in [2.05, 4.69) is 156 Å². The summed E-state index contributed by atoms with van der Waals surface area (Å²) < 4.78 is 0. The Hall–Kier alpha value is -5.48. The monoisotopic (exact) mass is 608 g/mol. The second-order valence-corrected chi connectivity index (χ2v) is 13.7. The van der Waals surface area contributed by atoms with E-state index in [0.717, 1.165) is 83.3 Å². The number of hydrogen-bond donors (Lipinski definition) is 0. The Morgan fingerprint density at radius 3 is 1.94 bits per heavy atom. The van der Waals surface area contributed by atoms with Crippen molar-refractivity contribution in [1.29, 1.82) is 0 Å². The zero-order valence-corrected chi connectivity index (χ0v) is 27.4. The molecule has 0 aliphatic rings. The molecule has 6 aromatic carbocycles. The van der Waals surface area contributed by atoms with Crippen LogP contribution in [0.2, 0.25) is 0 Å². The van der Waals surface area contributed by atoms with Crippen molar-refractivity contribution in [2.75, 3.05) is 0 Å². The summed E-state index contributed by atoms with van der Waals surface area (Å²) in [6, 6.07) is 43.0. The molecule has 0 unspecified atom stereocenters. The molecule has 0 atom stereocenters. The largest absolute Gasteiger partial charge is 0.232 e. The molecule has 0 amide bonds. The molecule has 4 nitrogen and oxygen atoms in total. The van der Waals surface area contributed by atoms with Crippen molar-refractivity contribution in [1.82, 2.24) is 19.9 Å². The fourth-order valence-corrected chi connectivity index (χ4v) is 6.54. The molecule has 0 saturated heterocycles. The lowest BCUT2D eigenvalue weighted by Gasteiger charge is -2.20. The highest BCUT2D eigenvalue weighted by atomic mass is 14.9. The van der Waals surface area contributed by atoms with Gasteiger partial charge in [0.05, 0.1) is 22.4 Å². The van der Waals surface area contributed by atoms with E-state index in [9.17, 15) is 0 Å². The SMILES string of the molecule is CC(C)c1nc(-c2ccccc2)c2c(n1)c(-c1cccc(-c3nc(C(C)(C)C)nc4c3ccc3ccccc34)c1)cc1ccccc12. The summed E-state index contributed by atoms with van der Waals surface area (Å²) in [6.07, 6.45) is 0. The van der Waals surface area contributed by atoms with Crippen molar-refractivity contribution in [3.63, 3.8) is 0 Å². The average molecular weight is 609 g/mol. The fourth-order valence-electron chi connectivity index (χ4n) is 6.54. The van der Waals surface area contributed by atoms with E-state index in [1.807, 2.05) is 0 Å². The van der Waals surface area contributed by atoms with E-state index in [-0.39, 0.29) is 11.3 Å². The average Bonchev–Trinajstić information content (AvgIpc) is 3.10. The zero-order chi connectivity index (χ0) is 32.3. The van der Waals surface area contributed by atoms with Gasteiger partial charge in [-0.05, 0) is 39.9 Å². The maximum atomic E-state index is 5.28. The van der Waals surface area contributed by atoms with Crippen LogP contribution >= 0.6 is 0 Å². The van der Waals surface area contributed by atoms with Gasteiger partial charge in [-0.3, -0.25) is 0 Å². The third-order valence-corrected chi connectivity index (χ3v) is 8.98. The molecule has 8 rings (SSSR count). The molecule has 0 spiro atoms. The van der Waals surface area contributed by atoms with Gasteiger partial charge in [0.2, 0.25) is 0 Å². The van der Waals surface area contributed by atoms with Gasteiger partial charge in [0.15, 0.2) is 0 Å². The molecular weight excluding hydrogens is 573 g/mol. The maximum absolute atomic E-state index is 5.28. The van der Waals surface area contributed by atoms with Gasteiger partial charge in [0, 0.05) is 44.2 Å². The van der Waals surface area contributed by atoms with Crippen molar-refractivity contribution in [2.45, 2.75) is 46.0 Å². The van der Waals surface area contributed by atoms with E-state index < -0.39 is 0 Å². The molecule has 0 aliphatic carbocycles. The first-order chi connectivity index (χ1) is 22.8. The predicted molar refractivity (Wildman–Crippen MR) is 197 cm³/mol. The Morgan fingerprint density at radius 2 is 1.17 bits per heavy atom. The van der Waals surface area contributed by atoms with Crippen molar-refractivity contribution >= 4 is 43.4 Å². The molecule has 0 aliphatic heterocycles. The lowest BCUT2D eigenvalue weighted by atomic mass is 9.91. The normalized spacial score (nSPS) is 12.1. The summed E-state index contributed by atoms with van der Waals surface area (Å²) in [4.78, 5) is 20.9. The van der Waals surface area contributed by atoms with Gasteiger partial charge in [-0.2, -0.15) is 0 Å². The smallest absolute Gasteiger partial charge is 0.135 e. The zero-order valence-electron chi connectivity index (χ0n) is 27.4. The predicted octanol–water partition coefficient (Wildman–Crippen LogP) is 11.3. The molecule has 228 valence electrons. The lowest BCUT2D eigenvalue weighted by Crippen LogP contribution is -2.16. The Bertz CT molecular complexity index is 2470. The van der Waals surface area contributed by atoms with E-state index in [4.69, 9.17) is 19.9 Å². The van der Waals surface area contributed by atoms with Gasteiger partial charge in [0.1, 0.15) is 11.6 Å². The van der Waals surface area contributed by atoms with E-state index in [1.165, 1.54) is 5.39 Å². The standard InChI is InChI=1S/C43H36N4/c1-26(2)41-44-38(28-15-7-6-8-16-28)36-32-20-11-10-17-30(32)25-35(40(36)45-41)29-18-13-19-31(24-29)37-34-23-22-27-14-9-12-21-33(27)39(34)47-42(46-37)43(3,4)5/h6-26H,1-5H3. The summed E-state index contributed by atoms with van der Waals surface area (Å²) in [6.45, 7) is 10.9. The quantitative estimate of drug-likeness (QED) is 0.187. The van der Waals surface area contributed by atoms with Gasteiger partial charge < -0.3 is 0 Å². The summed E-state index contributed by atoms with van der Waals surface area (Å²) in [7, 11) is 0. The molecule has 0 N–H and O–H groups in total. The summed E-state index contributed by atoms with van der Waals surface area (Å²) in [5.74, 6) is 1.85. The number of benzene rings is 6. The molecule has 0 radical (unpaired) electrons. The first-order valence-corrected chi connectivity index (χ1v) is 16.4. The second-order valence-electron chi connectivity index (χ2n) is 13.7. The Balaban J connectivity index is 1.43. The van der Waals surface area contributed by atoms with Gasteiger partial charge in [0.25, 0.3) is 0 Å².